The number of nitrogens with one attached hydrogen (secondary N) is 2. The van der Waals surface area contributed by atoms with Gasteiger partial charge in [-0.1, -0.05) is 12.0 Å². The number of nitrogens with zero attached hydrogens (tertiary/aromatic N) is 3. The molecule has 0 atom stereocenters. The van der Waals surface area contributed by atoms with Crippen LogP contribution in [0.1, 0.15) is 30.6 Å². The SMILES string of the molecule is CCCc1nnc(NCc2cn[nH]c2-c2ccc(C)o2)o1. The van der Waals surface area contributed by atoms with Gasteiger partial charge in [-0.15, -0.1) is 5.10 Å². The molecule has 21 heavy (non-hydrogen) atoms. The van der Waals surface area contributed by atoms with Crippen LogP contribution in [-0.2, 0) is 13.0 Å². The quantitative estimate of drug-likeness (QED) is 0.724. The van der Waals surface area contributed by atoms with Crippen molar-refractivity contribution in [3.05, 3.63) is 35.5 Å². The summed E-state index contributed by atoms with van der Waals surface area (Å²) in [5.74, 6) is 2.27. The van der Waals surface area contributed by atoms with Gasteiger partial charge in [-0.05, 0) is 25.5 Å². The van der Waals surface area contributed by atoms with Gasteiger partial charge in [-0.2, -0.15) is 5.10 Å². The molecular weight excluding hydrogens is 270 g/mol. The van der Waals surface area contributed by atoms with E-state index in [0.29, 0.717) is 18.5 Å². The van der Waals surface area contributed by atoms with Gasteiger partial charge in [0.1, 0.15) is 11.5 Å². The maximum absolute atomic E-state index is 5.61. The molecule has 3 aromatic rings. The molecule has 3 rings (SSSR count). The maximum Gasteiger partial charge on any atom is 0.315 e. The largest absolute Gasteiger partial charge is 0.460 e. The Balaban J connectivity index is 1.69. The van der Waals surface area contributed by atoms with Gasteiger partial charge >= 0.3 is 6.01 Å². The van der Waals surface area contributed by atoms with Gasteiger partial charge < -0.3 is 14.2 Å². The fraction of sp³-hybridized carbons (Fsp3) is 0.357. The first-order chi connectivity index (χ1) is 10.3. The van der Waals surface area contributed by atoms with Crippen LogP contribution in [0.15, 0.2) is 27.2 Å². The van der Waals surface area contributed by atoms with Crippen molar-refractivity contribution in [2.75, 3.05) is 5.32 Å². The van der Waals surface area contributed by atoms with Crippen LogP contribution in [0.25, 0.3) is 11.5 Å². The Morgan fingerprint density at radius 1 is 1.24 bits per heavy atom. The van der Waals surface area contributed by atoms with Crippen molar-refractivity contribution in [3.8, 4) is 11.5 Å². The fourth-order valence-corrected chi connectivity index (χ4v) is 2.04. The molecule has 0 saturated heterocycles. The molecule has 0 radical (unpaired) electrons. The van der Waals surface area contributed by atoms with E-state index in [1.807, 2.05) is 19.1 Å². The second-order valence-electron chi connectivity index (χ2n) is 4.79. The monoisotopic (exact) mass is 287 g/mol. The zero-order chi connectivity index (χ0) is 14.7. The van der Waals surface area contributed by atoms with E-state index in [1.54, 1.807) is 6.20 Å². The van der Waals surface area contributed by atoms with Gasteiger partial charge in [0.05, 0.1) is 6.20 Å². The summed E-state index contributed by atoms with van der Waals surface area (Å²) in [6.45, 7) is 4.51. The highest BCUT2D eigenvalue weighted by molar-refractivity contribution is 5.57. The Kier molecular flexibility index (Phi) is 3.72. The van der Waals surface area contributed by atoms with Crippen molar-refractivity contribution < 1.29 is 8.83 Å². The molecular formula is C14H17N5O2. The molecule has 0 spiro atoms. The number of furan rings is 1. The minimum atomic E-state index is 0.418. The van der Waals surface area contributed by atoms with E-state index in [2.05, 4.69) is 32.6 Å². The minimum absolute atomic E-state index is 0.418. The van der Waals surface area contributed by atoms with Gasteiger partial charge in [0.2, 0.25) is 5.89 Å². The first-order valence-corrected chi connectivity index (χ1v) is 6.91. The van der Waals surface area contributed by atoms with Crippen LogP contribution in [0.5, 0.6) is 0 Å². The summed E-state index contributed by atoms with van der Waals surface area (Å²) in [6, 6.07) is 4.25. The summed E-state index contributed by atoms with van der Waals surface area (Å²) >= 11 is 0. The predicted octanol–water partition coefficient (Wildman–Crippen LogP) is 2.93. The maximum atomic E-state index is 5.61. The smallest absolute Gasteiger partial charge is 0.315 e. The molecule has 3 heterocycles. The van der Waals surface area contributed by atoms with Gasteiger partial charge in [0, 0.05) is 18.5 Å². The topological polar surface area (TPSA) is 92.8 Å². The highest BCUT2D eigenvalue weighted by Gasteiger charge is 2.12. The van der Waals surface area contributed by atoms with Crippen molar-refractivity contribution >= 4 is 6.01 Å². The van der Waals surface area contributed by atoms with Crippen LogP contribution < -0.4 is 5.32 Å². The third-order valence-electron chi connectivity index (χ3n) is 3.07. The normalized spacial score (nSPS) is 11.0. The molecule has 7 heteroatoms. The Morgan fingerprint density at radius 2 is 2.14 bits per heavy atom. The van der Waals surface area contributed by atoms with Crippen molar-refractivity contribution in [2.24, 2.45) is 0 Å². The molecule has 0 fully saturated rings. The number of aromatic amines is 1. The van der Waals surface area contributed by atoms with Crippen molar-refractivity contribution in [2.45, 2.75) is 33.2 Å². The molecule has 2 N–H and O–H groups in total. The molecule has 0 saturated carbocycles. The summed E-state index contributed by atoms with van der Waals surface area (Å²) in [5.41, 5.74) is 1.82. The van der Waals surface area contributed by atoms with Crippen LogP contribution in [0.2, 0.25) is 0 Å². The van der Waals surface area contributed by atoms with Crippen LogP contribution in [0, 0.1) is 6.92 Å². The van der Waals surface area contributed by atoms with Crippen LogP contribution in [0.3, 0.4) is 0 Å². The molecule has 0 amide bonds. The van der Waals surface area contributed by atoms with E-state index >= 15 is 0 Å². The standard InChI is InChI=1S/C14H17N5O2/c1-3-4-12-17-19-14(21-12)15-7-10-8-16-18-13(10)11-6-5-9(2)20-11/h5-6,8H,3-4,7H2,1-2H3,(H,15,19)(H,16,18). The first-order valence-electron chi connectivity index (χ1n) is 6.91. The number of hydrogen-bond acceptors (Lipinski definition) is 6. The summed E-state index contributed by atoms with van der Waals surface area (Å²) in [7, 11) is 0. The van der Waals surface area contributed by atoms with Crippen molar-refractivity contribution in [3.63, 3.8) is 0 Å². The Bertz CT molecular complexity index is 712. The molecule has 110 valence electrons. The zero-order valence-corrected chi connectivity index (χ0v) is 12.0. The Hall–Kier alpha value is -2.57. The van der Waals surface area contributed by atoms with Crippen LogP contribution in [0.4, 0.5) is 6.01 Å². The van der Waals surface area contributed by atoms with Crippen LogP contribution >= 0.6 is 0 Å². The third-order valence-corrected chi connectivity index (χ3v) is 3.07. The van der Waals surface area contributed by atoms with Gasteiger partial charge in [0.15, 0.2) is 5.76 Å². The second kappa shape index (κ2) is 5.82. The Labute approximate surface area is 121 Å². The van der Waals surface area contributed by atoms with E-state index in [9.17, 15) is 0 Å². The lowest BCUT2D eigenvalue weighted by molar-refractivity contribution is 0.501. The number of H-pyrrole nitrogens is 1. The minimum Gasteiger partial charge on any atom is -0.460 e. The summed E-state index contributed by atoms with van der Waals surface area (Å²) in [4.78, 5) is 0. The van der Waals surface area contributed by atoms with E-state index in [1.165, 1.54) is 0 Å². The number of hydrogen-bond donors (Lipinski definition) is 2. The van der Waals surface area contributed by atoms with Gasteiger partial charge in [-0.25, -0.2) is 0 Å². The lowest BCUT2D eigenvalue weighted by Crippen LogP contribution is -2.00. The van der Waals surface area contributed by atoms with Crippen molar-refractivity contribution in [1.82, 2.24) is 20.4 Å². The molecule has 0 aliphatic rings. The lowest BCUT2D eigenvalue weighted by Gasteiger charge is -2.01. The number of aromatic nitrogens is 4. The molecule has 3 aromatic heterocycles. The molecule has 0 unspecified atom stereocenters. The highest BCUT2D eigenvalue weighted by atomic mass is 16.4. The van der Waals surface area contributed by atoms with E-state index in [0.717, 1.165) is 35.6 Å². The lowest BCUT2D eigenvalue weighted by atomic mass is 10.2. The fourth-order valence-electron chi connectivity index (χ4n) is 2.04. The summed E-state index contributed by atoms with van der Waals surface area (Å²) in [6.07, 6.45) is 3.52. The van der Waals surface area contributed by atoms with Crippen LogP contribution in [-0.4, -0.2) is 20.4 Å². The average molecular weight is 287 g/mol. The van der Waals surface area contributed by atoms with E-state index < -0.39 is 0 Å². The van der Waals surface area contributed by atoms with Gasteiger partial charge in [0.25, 0.3) is 0 Å². The Morgan fingerprint density at radius 3 is 2.90 bits per heavy atom. The van der Waals surface area contributed by atoms with Crippen molar-refractivity contribution in [1.29, 1.82) is 0 Å². The van der Waals surface area contributed by atoms with E-state index in [-0.39, 0.29) is 0 Å². The third kappa shape index (κ3) is 2.96. The number of anilines is 1. The molecule has 0 aliphatic heterocycles. The highest BCUT2D eigenvalue weighted by Crippen LogP contribution is 2.23. The number of aryl methyl sites for hydroxylation is 2. The van der Waals surface area contributed by atoms with Gasteiger partial charge in [-0.3, -0.25) is 5.10 Å². The summed E-state index contributed by atoms with van der Waals surface area (Å²) in [5, 5.41) is 18.0. The number of rotatable bonds is 6. The molecule has 0 aliphatic carbocycles. The molecule has 0 aromatic carbocycles. The predicted molar refractivity (Wildman–Crippen MR) is 76.6 cm³/mol. The molecule has 7 nitrogen and oxygen atoms in total. The van der Waals surface area contributed by atoms with E-state index in [4.69, 9.17) is 8.83 Å². The summed E-state index contributed by atoms with van der Waals surface area (Å²) < 4.78 is 11.1. The second-order valence-corrected chi connectivity index (χ2v) is 4.79. The zero-order valence-electron chi connectivity index (χ0n) is 12.0. The molecule has 0 bridgehead atoms. The average Bonchev–Trinajstić information content (AvgIpc) is 3.17. The first kappa shape index (κ1) is 13.4.